The van der Waals surface area contributed by atoms with Gasteiger partial charge in [-0.3, -0.25) is 9.59 Å². The summed E-state index contributed by atoms with van der Waals surface area (Å²) >= 11 is 0. The summed E-state index contributed by atoms with van der Waals surface area (Å²) in [5.74, 6) is -0.131. The predicted molar refractivity (Wildman–Crippen MR) is 60.2 cm³/mol. The zero-order valence-corrected chi connectivity index (χ0v) is 10.0. The molecule has 0 fully saturated rings. The molecule has 1 aromatic heterocycles. The molecule has 0 aliphatic rings. The van der Waals surface area contributed by atoms with Crippen molar-refractivity contribution >= 4 is 12.2 Å². The van der Waals surface area contributed by atoms with Gasteiger partial charge in [-0.25, -0.2) is 4.98 Å². The summed E-state index contributed by atoms with van der Waals surface area (Å²) in [5.41, 5.74) is 0.115. The van der Waals surface area contributed by atoms with E-state index in [4.69, 9.17) is 0 Å². The van der Waals surface area contributed by atoms with Crippen molar-refractivity contribution in [3.05, 3.63) is 18.2 Å². The number of rotatable bonds is 3. The molecule has 1 amide bonds. The number of hydrogen-bond donors (Lipinski definition) is 1. The zero-order chi connectivity index (χ0) is 12.3. The minimum Gasteiger partial charge on any atom is -0.350 e. The van der Waals surface area contributed by atoms with E-state index >= 15 is 0 Å². The fourth-order valence-electron chi connectivity index (χ4n) is 1.33. The third kappa shape index (κ3) is 2.92. The first-order valence-corrected chi connectivity index (χ1v) is 5.14. The van der Waals surface area contributed by atoms with Crippen LogP contribution >= 0.6 is 0 Å². The van der Waals surface area contributed by atoms with E-state index in [1.54, 1.807) is 11.5 Å². The van der Waals surface area contributed by atoms with Crippen molar-refractivity contribution in [1.29, 1.82) is 0 Å². The zero-order valence-electron chi connectivity index (χ0n) is 10.0. The number of imidazole rings is 1. The molecule has 88 valence electrons. The van der Waals surface area contributed by atoms with Crippen LogP contribution in [0.2, 0.25) is 0 Å². The summed E-state index contributed by atoms with van der Waals surface area (Å²) in [6, 6.07) is -0.443. The highest BCUT2D eigenvalue weighted by Crippen LogP contribution is 2.10. The summed E-state index contributed by atoms with van der Waals surface area (Å²) in [6.45, 7) is 7.46. The van der Waals surface area contributed by atoms with Crippen LogP contribution in [0.4, 0.5) is 0 Å². The molecule has 1 heterocycles. The van der Waals surface area contributed by atoms with Crippen LogP contribution in [-0.4, -0.2) is 27.3 Å². The quantitative estimate of drug-likeness (QED) is 0.782. The number of carbonyl (C=O) groups excluding carboxylic acids is 2. The molecule has 1 N–H and O–H groups in total. The Balaban J connectivity index is 2.82. The first kappa shape index (κ1) is 12.4. The molecular weight excluding hydrogens is 206 g/mol. The van der Waals surface area contributed by atoms with Gasteiger partial charge in [-0.05, 0) is 27.7 Å². The van der Waals surface area contributed by atoms with Crippen molar-refractivity contribution in [3.63, 3.8) is 0 Å². The van der Waals surface area contributed by atoms with Gasteiger partial charge in [-0.15, -0.1) is 0 Å². The number of aromatic nitrogens is 2. The summed E-state index contributed by atoms with van der Waals surface area (Å²) < 4.78 is 1.55. The van der Waals surface area contributed by atoms with E-state index < -0.39 is 6.04 Å². The maximum atomic E-state index is 11.8. The summed E-state index contributed by atoms with van der Waals surface area (Å²) in [7, 11) is 0. The lowest BCUT2D eigenvalue weighted by molar-refractivity contribution is -0.125. The second-order valence-electron chi connectivity index (χ2n) is 4.76. The molecule has 5 heteroatoms. The van der Waals surface area contributed by atoms with Crippen molar-refractivity contribution in [2.75, 3.05) is 0 Å². The Morgan fingerprint density at radius 3 is 2.69 bits per heavy atom. The Bertz CT molecular complexity index is 390. The molecule has 1 atom stereocenters. The second-order valence-corrected chi connectivity index (χ2v) is 4.76. The predicted octanol–water partition coefficient (Wildman–Crippen LogP) is 1.17. The van der Waals surface area contributed by atoms with Gasteiger partial charge in [0, 0.05) is 5.54 Å². The highest BCUT2D eigenvalue weighted by Gasteiger charge is 2.21. The molecule has 1 rings (SSSR count). The molecule has 0 aliphatic carbocycles. The average molecular weight is 223 g/mol. The van der Waals surface area contributed by atoms with Crippen molar-refractivity contribution in [3.8, 4) is 0 Å². The van der Waals surface area contributed by atoms with E-state index in [-0.39, 0.29) is 11.4 Å². The fourth-order valence-corrected chi connectivity index (χ4v) is 1.33. The van der Waals surface area contributed by atoms with E-state index in [9.17, 15) is 9.59 Å². The van der Waals surface area contributed by atoms with E-state index in [1.807, 2.05) is 20.8 Å². The van der Waals surface area contributed by atoms with Gasteiger partial charge in [-0.2, -0.15) is 0 Å². The average Bonchev–Trinajstić information content (AvgIpc) is 2.61. The van der Waals surface area contributed by atoms with Gasteiger partial charge in [0.05, 0.1) is 12.5 Å². The highest BCUT2D eigenvalue weighted by atomic mass is 16.2. The molecule has 16 heavy (non-hydrogen) atoms. The van der Waals surface area contributed by atoms with Crippen LogP contribution in [0, 0.1) is 0 Å². The fraction of sp³-hybridized carbons (Fsp3) is 0.545. The van der Waals surface area contributed by atoms with E-state index in [0.29, 0.717) is 12.0 Å². The molecule has 0 bridgehead atoms. The minimum absolute atomic E-state index is 0.131. The van der Waals surface area contributed by atoms with Crippen LogP contribution in [-0.2, 0) is 4.79 Å². The number of nitrogens with one attached hydrogen (secondary N) is 1. The van der Waals surface area contributed by atoms with Crippen molar-refractivity contribution in [2.24, 2.45) is 0 Å². The maximum Gasteiger partial charge on any atom is 0.243 e. The van der Waals surface area contributed by atoms with Crippen LogP contribution in [0.5, 0.6) is 0 Å². The Labute approximate surface area is 94.9 Å². The van der Waals surface area contributed by atoms with Crippen LogP contribution in [0.3, 0.4) is 0 Å². The summed E-state index contributed by atoms with van der Waals surface area (Å²) in [6.07, 6.45) is 3.61. The Kier molecular flexibility index (Phi) is 3.47. The molecule has 0 aromatic carbocycles. The molecule has 0 spiro atoms. The maximum absolute atomic E-state index is 11.8. The van der Waals surface area contributed by atoms with Crippen LogP contribution < -0.4 is 5.32 Å². The van der Waals surface area contributed by atoms with Crippen molar-refractivity contribution < 1.29 is 9.59 Å². The lowest BCUT2D eigenvalue weighted by Crippen LogP contribution is -2.43. The first-order chi connectivity index (χ1) is 7.35. The topological polar surface area (TPSA) is 64.0 Å². The third-order valence-electron chi connectivity index (χ3n) is 2.11. The number of nitrogens with zero attached hydrogens (tertiary/aromatic N) is 2. The van der Waals surface area contributed by atoms with Crippen LogP contribution in [0.25, 0.3) is 0 Å². The van der Waals surface area contributed by atoms with Gasteiger partial charge < -0.3 is 9.88 Å². The Hall–Kier alpha value is -1.65. The van der Waals surface area contributed by atoms with Crippen LogP contribution in [0.1, 0.15) is 44.2 Å². The van der Waals surface area contributed by atoms with Gasteiger partial charge in [0.1, 0.15) is 11.7 Å². The lowest BCUT2D eigenvalue weighted by atomic mass is 10.1. The molecule has 1 aromatic rings. The molecule has 5 nitrogen and oxygen atoms in total. The number of hydrogen-bond acceptors (Lipinski definition) is 3. The summed E-state index contributed by atoms with van der Waals surface area (Å²) in [4.78, 5) is 26.4. The SMILES string of the molecule is CC(C(=O)NC(C)(C)C)n1cncc1C=O. The molecule has 0 saturated carbocycles. The summed E-state index contributed by atoms with van der Waals surface area (Å²) in [5, 5.41) is 2.86. The first-order valence-electron chi connectivity index (χ1n) is 5.14. The smallest absolute Gasteiger partial charge is 0.243 e. The van der Waals surface area contributed by atoms with E-state index in [1.165, 1.54) is 12.5 Å². The van der Waals surface area contributed by atoms with Crippen molar-refractivity contribution in [2.45, 2.75) is 39.3 Å². The number of aldehydes is 1. The largest absolute Gasteiger partial charge is 0.350 e. The van der Waals surface area contributed by atoms with E-state index in [0.717, 1.165) is 0 Å². The standard InChI is InChI=1S/C11H17N3O2/c1-8(10(16)13-11(2,3)4)14-7-12-5-9(14)6-15/h5-8H,1-4H3,(H,13,16). The molecular formula is C11H17N3O2. The monoisotopic (exact) mass is 223 g/mol. The highest BCUT2D eigenvalue weighted by molar-refractivity contribution is 5.82. The van der Waals surface area contributed by atoms with Gasteiger partial charge in [0.2, 0.25) is 5.91 Å². The molecule has 0 saturated heterocycles. The number of carbonyl (C=O) groups is 2. The van der Waals surface area contributed by atoms with Crippen molar-refractivity contribution in [1.82, 2.24) is 14.9 Å². The third-order valence-corrected chi connectivity index (χ3v) is 2.11. The Morgan fingerprint density at radius 2 is 2.19 bits per heavy atom. The van der Waals surface area contributed by atoms with Crippen LogP contribution in [0.15, 0.2) is 12.5 Å². The van der Waals surface area contributed by atoms with Gasteiger partial charge in [0.15, 0.2) is 6.29 Å². The number of amides is 1. The molecule has 1 unspecified atom stereocenters. The van der Waals surface area contributed by atoms with Gasteiger partial charge >= 0.3 is 0 Å². The Morgan fingerprint density at radius 1 is 1.56 bits per heavy atom. The molecule has 0 aliphatic heterocycles. The van der Waals surface area contributed by atoms with E-state index in [2.05, 4.69) is 10.3 Å². The normalized spacial score (nSPS) is 13.2. The second kappa shape index (κ2) is 4.47. The molecule has 0 radical (unpaired) electrons. The van der Waals surface area contributed by atoms with Gasteiger partial charge in [0.25, 0.3) is 0 Å². The minimum atomic E-state index is -0.443. The lowest BCUT2D eigenvalue weighted by Gasteiger charge is -2.24. The van der Waals surface area contributed by atoms with Gasteiger partial charge in [-0.1, -0.05) is 0 Å².